The van der Waals surface area contributed by atoms with E-state index < -0.39 is 47.6 Å². The molecule has 0 fully saturated rings. The molecule has 4 N–H and O–H groups in total. The predicted molar refractivity (Wildman–Crippen MR) is 159 cm³/mol. The summed E-state index contributed by atoms with van der Waals surface area (Å²) < 4.78 is 5.35. The van der Waals surface area contributed by atoms with Gasteiger partial charge in [0, 0.05) is 12.1 Å². The minimum absolute atomic E-state index is 0.272. The number of ether oxygens (including phenoxy) is 1. The highest BCUT2D eigenvalue weighted by molar-refractivity contribution is 5.94. The van der Waals surface area contributed by atoms with Crippen LogP contribution < -0.4 is 16.4 Å². The highest BCUT2D eigenvalue weighted by Gasteiger charge is 2.37. The molecule has 0 bridgehead atoms. The van der Waals surface area contributed by atoms with Gasteiger partial charge >= 0.3 is 6.09 Å². The summed E-state index contributed by atoms with van der Waals surface area (Å²) in [6.07, 6.45) is 5.50. The number of carbonyl (C=O) groups excluding carboxylic acids is 4. The van der Waals surface area contributed by atoms with Crippen molar-refractivity contribution in [2.75, 3.05) is 6.54 Å². The molecule has 0 aliphatic rings. The molecule has 2 atom stereocenters. The van der Waals surface area contributed by atoms with Crippen LogP contribution in [0.5, 0.6) is 0 Å². The van der Waals surface area contributed by atoms with Gasteiger partial charge in [0.15, 0.2) is 0 Å². The Hall–Kier alpha value is -3.10. The molecule has 0 aromatic heterocycles. The molecule has 0 heterocycles. The molecule has 1 aromatic rings. The average molecular weight is 561 g/mol. The Balaban J connectivity index is 3.50. The van der Waals surface area contributed by atoms with Crippen LogP contribution >= 0.6 is 0 Å². The summed E-state index contributed by atoms with van der Waals surface area (Å²) in [5.41, 5.74) is 5.88. The maximum absolute atomic E-state index is 14.1. The van der Waals surface area contributed by atoms with Crippen LogP contribution in [0.25, 0.3) is 0 Å². The van der Waals surface area contributed by atoms with E-state index in [1.54, 1.807) is 20.8 Å². The third-order valence-corrected chi connectivity index (χ3v) is 6.19. The van der Waals surface area contributed by atoms with Gasteiger partial charge in [-0.25, -0.2) is 4.79 Å². The van der Waals surface area contributed by atoms with E-state index in [-0.39, 0.29) is 12.5 Å². The predicted octanol–water partition coefficient (Wildman–Crippen LogP) is 5.16. The first-order valence-electron chi connectivity index (χ1n) is 14.6. The smallest absolute Gasteiger partial charge is 0.408 e. The summed E-state index contributed by atoms with van der Waals surface area (Å²) in [6.45, 7) is 15.2. The second-order valence-electron chi connectivity index (χ2n) is 12.4. The van der Waals surface area contributed by atoms with Crippen molar-refractivity contribution in [3.63, 3.8) is 0 Å². The molecule has 0 saturated heterocycles. The lowest BCUT2D eigenvalue weighted by Crippen LogP contribution is -2.55. The van der Waals surface area contributed by atoms with E-state index in [1.807, 2.05) is 52.0 Å². The van der Waals surface area contributed by atoms with Crippen molar-refractivity contribution < 1.29 is 23.9 Å². The Morgan fingerprint density at radius 3 is 1.98 bits per heavy atom. The van der Waals surface area contributed by atoms with E-state index in [0.717, 1.165) is 44.1 Å². The zero-order chi connectivity index (χ0) is 30.5. The maximum Gasteiger partial charge on any atom is 0.408 e. The van der Waals surface area contributed by atoms with Crippen LogP contribution in [-0.4, -0.2) is 52.4 Å². The van der Waals surface area contributed by atoms with E-state index in [4.69, 9.17) is 10.5 Å². The monoisotopic (exact) mass is 560 g/mol. The summed E-state index contributed by atoms with van der Waals surface area (Å²) in [6, 6.07) is 5.35. The maximum atomic E-state index is 14.1. The van der Waals surface area contributed by atoms with E-state index >= 15 is 0 Å². The molecule has 226 valence electrons. The number of amides is 4. The molecule has 40 heavy (non-hydrogen) atoms. The summed E-state index contributed by atoms with van der Waals surface area (Å²) in [7, 11) is 0. The molecule has 1 rings (SSSR count). The quantitative estimate of drug-likeness (QED) is 0.255. The van der Waals surface area contributed by atoms with Crippen molar-refractivity contribution in [3.05, 3.63) is 35.4 Å². The fourth-order valence-corrected chi connectivity index (χ4v) is 4.33. The van der Waals surface area contributed by atoms with Gasteiger partial charge in [-0.05, 0) is 65.5 Å². The van der Waals surface area contributed by atoms with Gasteiger partial charge in [-0.3, -0.25) is 14.4 Å². The Morgan fingerprint density at radius 1 is 0.900 bits per heavy atom. The second kappa shape index (κ2) is 16.2. The van der Waals surface area contributed by atoms with Gasteiger partial charge in [-0.1, -0.05) is 70.2 Å². The number of alkyl carbamates (subject to hydrolysis) is 1. The minimum atomic E-state index is -1.28. The SMILES string of the molecule is CCCCCCCCN(C(=O)C(CC(N)=O)NC(=O)OC(C)(C)C)C(C(=O)NC(C)(C)C)c1ccc(CC)cc1. The van der Waals surface area contributed by atoms with Gasteiger partial charge in [0.05, 0.1) is 6.42 Å². The number of carbonyl (C=O) groups is 4. The molecule has 0 spiro atoms. The number of aryl methyl sites for hydroxylation is 1. The van der Waals surface area contributed by atoms with Gasteiger partial charge < -0.3 is 26.0 Å². The topological polar surface area (TPSA) is 131 Å². The molecule has 9 heteroatoms. The molecular formula is C31H52N4O5. The van der Waals surface area contributed by atoms with Crippen LogP contribution in [0.4, 0.5) is 4.79 Å². The van der Waals surface area contributed by atoms with Crippen LogP contribution in [0, 0.1) is 0 Å². The molecule has 0 aliphatic carbocycles. The van der Waals surface area contributed by atoms with Crippen molar-refractivity contribution in [3.8, 4) is 0 Å². The molecule has 0 radical (unpaired) electrons. The second-order valence-corrected chi connectivity index (χ2v) is 12.4. The molecule has 1 aromatic carbocycles. The number of primary amides is 1. The van der Waals surface area contributed by atoms with Gasteiger partial charge in [0.1, 0.15) is 17.7 Å². The first-order valence-corrected chi connectivity index (χ1v) is 14.6. The number of nitrogens with one attached hydrogen (secondary N) is 2. The van der Waals surface area contributed by atoms with E-state index in [0.29, 0.717) is 12.0 Å². The highest BCUT2D eigenvalue weighted by atomic mass is 16.6. The number of hydrogen-bond acceptors (Lipinski definition) is 5. The summed E-state index contributed by atoms with van der Waals surface area (Å²) in [5.74, 6) is -1.66. The van der Waals surface area contributed by atoms with Crippen LogP contribution in [0.3, 0.4) is 0 Å². The van der Waals surface area contributed by atoms with Crippen LogP contribution in [0.2, 0.25) is 0 Å². The Bertz CT molecular complexity index is 963. The lowest BCUT2D eigenvalue weighted by Gasteiger charge is -2.36. The van der Waals surface area contributed by atoms with Gasteiger partial charge in [0.2, 0.25) is 17.7 Å². The van der Waals surface area contributed by atoms with Crippen molar-refractivity contribution in [2.24, 2.45) is 5.73 Å². The van der Waals surface area contributed by atoms with Crippen molar-refractivity contribution in [1.82, 2.24) is 15.5 Å². The zero-order valence-electron chi connectivity index (χ0n) is 25.9. The number of nitrogens with two attached hydrogens (primary N) is 1. The lowest BCUT2D eigenvalue weighted by atomic mass is 9.98. The van der Waals surface area contributed by atoms with Crippen LogP contribution in [0.15, 0.2) is 24.3 Å². The lowest BCUT2D eigenvalue weighted by molar-refractivity contribution is -0.144. The van der Waals surface area contributed by atoms with Crippen LogP contribution in [-0.2, 0) is 25.5 Å². The van der Waals surface area contributed by atoms with Gasteiger partial charge in [0.25, 0.3) is 0 Å². The van der Waals surface area contributed by atoms with Crippen LogP contribution in [0.1, 0.15) is 118 Å². The molecule has 0 aliphatic heterocycles. The number of unbranched alkanes of at least 4 members (excludes halogenated alkanes) is 5. The number of benzene rings is 1. The molecular weight excluding hydrogens is 508 g/mol. The molecule has 0 saturated carbocycles. The Kier molecular flexibility index (Phi) is 14.2. The minimum Gasteiger partial charge on any atom is -0.444 e. The highest BCUT2D eigenvalue weighted by Crippen LogP contribution is 2.26. The zero-order valence-corrected chi connectivity index (χ0v) is 25.9. The average Bonchev–Trinajstić information content (AvgIpc) is 2.82. The van der Waals surface area contributed by atoms with Crippen molar-refractivity contribution in [1.29, 1.82) is 0 Å². The van der Waals surface area contributed by atoms with E-state index in [1.165, 1.54) is 4.90 Å². The number of hydrogen-bond donors (Lipinski definition) is 3. The third kappa shape index (κ3) is 13.3. The fourth-order valence-electron chi connectivity index (χ4n) is 4.33. The number of nitrogens with zero attached hydrogens (tertiary/aromatic N) is 1. The van der Waals surface area contributed by atoms with Crippen molar-refractivity contribution >= 4 is 23.8 Å². The third-order valence-electron chi connectivity index (χ3n) is 6.19. The molecule has 2 unspecified atom stereocenters. The number of rotatable bonds is 15. The first-order chi connectivity index (χ1) is 18.6. The molecule has 4 amide bonds. The van der Waals surface area contributed by atoms with Crippen molar-refractivity contribution in [2.45, 2.75) is 130 Å². The fraction of sp³-hybridized carbons (Fsp3) is 0.677. The van der Waals surface area contributed by atoms with E-state index in [2.05, 4.69) is 17.6 Å². The summed E-state index contributed by atoms with van der Waals surface area (Å²) in [5, 5.41) is 5.55. The Morgan fingerprint density at radius 2 is 1.48 bits per heavy atom. The molecule has 9 nitrogen and oxygen atoms in total. The van der Waals surface area contributed by atoms with E-state index in [9.17, 15) is 19.2 Å². The first kappa shape index (κ1) is 34.9. The summed E-state index contributed by atoms with van der Waals surface area (Å²) in [4.78, 5) is 54.0. The Labute approximate surface area is 241 Å². The normalized spacial score (nSPS) is 13.2. The standard InChI is InChI=1S/C31H52N4O5/c1-9-11-12-13-14-15-20-35(28(38)24(21-25(32)36)33-29(39)40-31(6,7)8)26(27(37)34-30(3,4)5)23-18-16-22(10-2)17-19-23/h16-19,24,26H,9-15,20-21H2,1-8H3,(H2,32,36)(H,33,39)(H,34,37). The summed E-state index contributed by atoms with van der Waals surface area (Å²) >= 11 is 0. The van der Waals surface area contributed by atoms with Gasteiger partial charge in [-0.15, -0.1) is 0 Å². The van der Waals surface area contributed by atoms with Gasteiger partial charge in [-0.2, -0.15) is 0 Å². The largest absolute Gasteiger partial charge is 0.444 e.